The van der Waals surface area contributed by atoms with Gasteiger partial charge in [-0.1, -0.05) is 55.2 Å². The molecule has 3 aromatic carbocycles. The Labute approximate surface area is 238 Å². The smallest absolute Gasteiger partial charge is 0.417 e. The Balaban J connectivity index is 1.50. The highest BCUT2D eigenvalue weighted by atomic mass is 35.5. The minimum Gasteiger partial charge on any atom is -0.472 e. The van der Waals surface area contributed by atoms with Gasteiger partial charge in [-0.25, -0.2) is 0 Å². The molecule has 3 aromatic rings. The third-order valence-electron chi connectivity index (χ3n) is 6.14. The van der Waals surface area contributed by atoms with Crippen LogP contribution in [0.15, 0.2) is 54.6 Å². The van der Waals surface area contributed by atoms with Gasteiger partial charge in [-0.2, -0.15) is 13.2 Å². The summed E-state index contributed by atoms with van der Waals surface area (Å²) in [6.07, 6.45) is -4.64. The van der Waals surface area contributed by atoms with Gasteiger partial charge in [0.25, 0.3) is 11.8 Å². The van der Waals surface area contributed by atoms with E-state index in [9.17, 15) is 27.6 Å². The fraction of sp³-hybridized carbons (Fsp3) is 0.250. The first-order valence-corrected chi connectivity index (χ1v) is 12.9. The first-order chi connectivity index (χ1) is 18.8. The average molecular weight is 594 g/mol. The predicted octanol–water partition coefficient (Wildman–Crippen LogP) is 6.53. The van der Waals surface area contributed by atoms with E-state index in [-0.39, 0.29) is 64.8 Å². The molecule has 210 valence electrons. The lowest BCUT2D eigenvalue weighted by molar-refractivity contribution is -0.137. The van der Waals surface area contributed by atoms with Crippen molar-refractivity contribution in [2.24, 2.45) is 5.92 Å². The van der Waals surface area contributed by atoms with Gasteiger partial charge in [0.1, 0.15) is 5.75 Å². The summed E-state index contributed by atoms with van der Waals surface area (Å²) in [5.74, 6) is -1.11. The molecule has 1 heterocycles. The molecule has 0 bridgehead atoms. The number of nitrogens with one attached hydrogen (secondary N) is 2. The number of hydrogen-bond donors (Lipinski definition) is 2. The van der Waals surface area contributed by atoms with E-state index in [1.807, 2.05) is 0 Å². The van der Waals surface area contributed by atoms with Crippen molar-refractivity contribution in [3.05, 3.63) is 92.5 Å². The monoisotopic (exact) mass is 593 g/mol. The topological polar surface area (TPSA) is 87.7 Å². The molecule has 3 amide bonds. The summed E-state index contributed by atoms with van der Waals surface area (Å²) in [5, 5.41) is 5.17. The third kappa shape index (κ3) is 6.51. The molecular formula is C28H24Cl2F3N3O4. The molecule has 0 unspecified atom stereocenters. The minimum absolute atomic E-state index is 0.112. The minimum atomic E-state index is -4.64. The maximum atomic E-state index is 13.2. The normalized spacial score (nSPS) is 13.1. The Morgan fingerprint density at radius 1 is 1.07 bits per heavy atom. The highest BCUT2D eigenvalue weighted by Crippen LogP contribution is 2.37. The van der Waals surface area contributed by atoms with Crippen LogP contribution >= 0.6 is 23.2 Å². The molecule has 12 heteroatoms. The van der Waals surface area contributed by atoms with Crippen molar-refractivity contribution in [2.45, 2.75) is 33.1 Å². The summed E-state index contributed by atoms with van der Waals surface area (Å²) < 4.78 is 45.4. The number of alkyl halides is 3. The van der Waals surface area contributed by atoms with Crippen LogP contribution in [-0.4, -0.2) is 29.4 Å². The largest absolute Gasteiger partial charge is 0.472 e. The summed E-state index contributed by atoms with van der Waals surface area (Å²) >= 11 is 12.2. The number of rotatable bonds is 7. The second-order valence-corrected chi connectivity index (χ2v) is 10.2. The van der Waals surface area contributed by atoms with Crippen molar-refractivity contribution in [1.82, 2.24) is 10.2 Å². The van der Waals surface area contributed by atoms with E-state index in [2.05, 4.69) is 10.6 Å². The Morgan fingerprint density at radius 2 is 1.82 bits per heavy atom. The molecule has 7 nitrogen and oxygen atoms in total. The van der Waals surface area contributed by atoms with Crippen molar-refractivity contribution in [3.63, 3.8) is 0 Å². The van der Waals surface area contributed by atoms with Gasteiger partial charge in [-0.3, -0.25) is 14.4 Å². The van der Waals surface area contributed by atoms with Gasteiger partial charge in [0, 0.05) is 18.2 Å². The number of amides is 3. The van der Waals surface area contributed by atoms with E-state index >= 15 is 0 Å². The van der Waals surface area contributed by atoms with Crippen LogP contribution in [0.3, 0.4) is 0 Å². The second-order valence-electron chi connectivity index (χ2n) is 9.40. The van der Waals surface area contributed by atoms with Crippen LogP contribution in [0.25, 0.3) is 0 Å². The maximum Gasteiger partial charge on any atom is 0.417 e. The van der Waals surface area contributed by atoms with E-state index in [1.165, 1.54) is 29.2 Å². The molecule has 0 atom stereocenters. The van der Waals surface area contributed by atoms with Crippen molar-refractivity contribution in [2.75, 3.05) is 12.0 Å². The van der Waals surface area contributed by atoms with Crippen LogP contribution < -0.4 is 15.4 Å². The Hall–Kier alpha value is -3.76. The van der Waals surface area contributed by atoms with Crippen molar-refractivity contribution in [3.8, 4) is 5.75 Å². The lowest BCUT2D eigenvalue weighted by atomic mass is 10.1. The number of carbonyl (C=O) groups is 3. The third-order valence-corrected chi connectivity index (χ3v) is 6.92. The summed E-state index contributed by atoms with van der Waals surface area (Å²) in [4.78, 5) is 39.3. The highest BCUT2D eigenvalue weighted by molar-refractivity contribution is 6.34. The molecule has 0 fully saturated rings. The SMILES string of the molecule is CC(C)C(=O)NCc1ccc(Cl)c(C(=O)Nc2ccc3c(c2)C(=O)N(Cc2cccc(C(F)(F)F)c2Cl)CO3)c1. The first kappa shape index (κ1) is 29.2. The van der Waals surface area contributed by atoms with Gasteiger partial charge in [-0.05, 0) is 47.5 Å². The van der Waals surface area contributed by atoms with Crippen LogP contribution in [0.5, 0.6) is 5.75 Å². The van der Waals surface area contributed by atoms with Gasteiger partial charge in [0.05, 0.1) is 33.3 Å². The molecule has 1 aliphatic heterocycles. The number of halogens is 5. The molecule has 1 aliphatic rings. The van der Waals surface area contributed by atoms with Crippen LogP contribution in [0, 0.1) is 5.92 Å². The van der Waals surface area contributed by atoms with Gasteiger partial charge in [-0.15, -0.1) is 0 Å². The standard InChI is InChI=1S/C28H24Cl2F3N3O4/c1-15(2)25(37)34-12-16-6-8-22(29)19(10-16)26(38)35-18-7-9-23-20(11-18)27(39)36(14-40-23)13-17-4-3-5-21(24(17)30)28(31,32)33/h3-11,15H,12-14H2,1-2H3,(H,34,37)(H,35,38). The fourth-order valence-corrected chi connectivity index (χ4v) is 4.47. The predicted molar refractivity (Wildman–Crippen MR) is 144 cm³/mol. The summed E-state index contributed by atoms with van der Waals surface area (Å²) in [6.45, 7) is 3.34. The molecule has 2 N–H and O–H groups in total. The number of carbonyl (C=O) groups excluding carboxylic acids is 3. The molecule has 4 rings (SSSR count). The van der Waals surface area contributed by atoms with Crippen molar-refractivity contribution < 1.29 is 32.3 Å². The molecule has 0 radical (unpaired) electrons. The van der Waals surface area contributed by atoms with Gasteiger partial charge in [0.15, 0.2) is 6.73 Å². The number of hydrogen-bond acceptors (Lipinski definition) is 4. The molecule has 0 aliphatic carbocycles. The lowest BCUT2D eigenvalue weighted by Gasteiger charge is -2.29. The van der Waals surface area contributed by atoms with Gasteiger partial charge in [0.2, 0.25) is 5.91 Å². The Bertz CT molecular complexity index is 1480. The van der Waals surface area contributed by atoms with Crippen molar-refractivity contribution >= 4 is 46.6 Å². The quantitative estimate of drug-likeness (QED) is 0.326. The number of fused-ring (bicyclic) bond motifs is 1. The number of ether oxygens (including phenoxy) is 1. The summed E-state index contributed by atoms with van der Waals surface area (Å²) in [7, 11) is 0. The Morgan fingerprint density at radius 3 is 2.52 bits per heavy atom. The average Bonchev–Trinajstić information content (AvgIpc) is 2.90. The maximum absolute atomic E-state index is 13.2. The zero-order valence-electron chi connectivity index (χ0n) is 21.4. The zero-order chi connectivity index (χ0) is 29.2. The summed E-state index contributed by atoms with van der Waals surface area (Å²) in [5.41, 5.74) is 0.339. The van der Waals surface area contributed by atoms with E-state index in [1.54, 1.807) is 38.1 Å². The van der Waals surface area contributed by atoms with Gasteiger partial charge >= 0.3 is 6.18 Å². The molecule has 40 heavy (non-hydrogen) atoms. The molecule has 0 spiro atoms. The van der Waals surface area contributed by atoms with Gasteiger partial charge < -0.3 is 20.3 Å². The summed E-state index contributed by atoms with van der Waals surface area (Å²) in [6, 6.07) is 12.8. The fourth-order valence-electron chi connectivity index (χ4n) is 3.97. The number of benzene rings is 3. The molecule has 0 saturated carbocycles. The molecular weight excluding hydrogens is 570 g/mol. The lowest BCUT2D eigenvalue weighted by Crippen LogP contribution is -2.38. The molecule has 0 aromatic heterocycles. The van der Waals surface area contributed by atoms with Crippen LogP contribution in [0.2, 0.25) is 10.0 Å². The van der Waals surface area contributed by atoms with Crippen LogP contribution in [0.4, 0.5) is 18.9 Å². The van der Waals surface area contributed by atoms with E-state index in [4.69, 9.17) is 27.9 Å². The second kappa shape index (κ2) is 11.8. The van der Waals surface area contributed by atoms with Crippen molar-refractivity contribution in [1.29, 1.82) is 0 Å². The highest BCUT2D eigenvalue weighted by Gasteiger charge is 2.35. The zero-order valence-corrected chi connectivity index (χ0v) is 22.9. The van der Waals surface area contributed by atoms with Crippen LogP contribution in [-0.2, 0) is 24.1 Å². The van der Waals surface area contributed by atoms with E-state index in [0.29, 0.717) is 5.56 Å². The Kier molecular flexibility index (Phi) is 8.60. The molecule has 0 saturated heterocycles. The number of anilines is 1. The van der Waals surface area contributed by atoms with E-state index < -0.39 is 28.6 Å². The van der Waals surface area contributed by atoms with Crippen LogP contribution in [0.1, 0.15) is 51.3 Å². The van der Waals surface area contributed by atoms with E-state index in [0.717, 1.165) is 6.07 Å². The first-order valence-electron chi connectivity index (χ1n) is 12.1. The number of nitrogens with zero attached hydrogens (tertiary/aromatic N) is 1.